The molecule has 1 aromatic carbocycles. The molecular formula is C19H23N3O3S. The van der Waals surface area contributed by atoms with Gasteiger partial charge in [-0.05, 0) is 55.2 Å². The number of rotatable bonds is 5. The van der Waals surface area contributed by atoms with Crippen LogP contribution < -0.4 is 5.73 Å². The second kappa shape index (κ2) is 7.19. The molecule has 3 N–H and O–H groups in total. The van der Waals surface area contributed by atoms with Gasteiger partial charge in [-0.3, -0.25) is 9.59 Å². The highest BCUT2D eigenvalue weighted by atomic mass is 32.1. The predicted molar refractivity (Wildman–Crippen MR) is 102 cm³/mol. The SMILES string of the molecule is CN(C)CC1(O)CCN(C(=O)c2ccc(-c3csc(C(N)=O)c3)cc2)C1. The molecule has 0 radical (unpaired) electrons. The highest BCUT2D eigenvalue weighted by Gasteiger charge is 2.38. The molecule has 0 aliphatic carbocycles. The summed E-state index contributed by atoms with van der Waals surface area (Å²) in [5.41, 5.74) is 6.87. The smallest absolute Gasteiger partial charge is 0.258 e. The summed E-state index contributed by atoms with van der Waals surface area (Å²) in [7, 11) is 3.82. The lowest BCUT2D eigenvalue weighted by Gasteiger charge is -2.26. The number of benzene rings is 1. The number of β-amino-alcohol motifs (C(OH)–C–C–N with tert-alkyl or cyclic N) is 1. The van der Waals surface area contributed by atoms with Crippen LogP contribution in [-0.2, 0) is 0 Å². The van der Waals surface area contributed by atoms with Crippen molar-refractivity contribution in [3.05, 3.63) is 46.2 Å². The zero-order valence-electron chi connectivity index (χ0n) is 14.9. The summed E-state index contributed by atoms with van der Waals surface area (Å²) in [4.78, 5) is 28.1. The maximum Gasteiger partial charge on any atom is 0.258 e. The van der Waals surface area contributed by atoms with Crippen molar-refractivity contribution in [3.63, 3.8) is 0 Å². The van der Waals surface area contributed by atoms with E-state index in [4.69, 9.17) is 5.73 Å². The van der Waals surface area contributed by atoms with Gasteiger partial charge in [0.1, 0.15) is 0 Å². The van der Waals surface area contributed by atoms with Crippen LogP contribution in [0.15, 0.2) is 35.7 Å². The van der Waals surface area contributed by atoms with Gasteiger partial charge in [0.25, 0.3) is 11.8 Å². The lowest BCUT2D eigenvalue weighted by atomic mass is 10.0. The Labute approximate surface area is 156 Å². The van der Waals surface area contributed by atoms with Crippen molar-refractivity contribution in [1.82, 2.24) is 9.80 Å². The maximum atomic E-state index is 12.7. The van der Waals surface area contributed by atoms with Crippen molar-refractivity contribution in [2.24, 2.45) is 5.73 Å². The first-order chi connectivity index (χ1) is 12.3. The van der Waals surface area contributed by atoms with E-state index in [1.54, 1.807) is 23.1 Å². The first-order valence-corrected chi connectivity index (χ1v) is 9.30. The fourth-order valence-electron chi connectivity index (χ4n) is 3.35. The van der Waals surface area contributed by atoms with E-state index in [1.165, 1.54) is 11.3 Å². The van der Waals surface area contributed by atoms with Crippen molar-refractivity contribution in [3.8, 4) is 11.1 Å². The van der Waals surface area contributed by atoms with Crippen LogP contribution in [0.3, 0.4) is 0 Å². The summed E-state index contributed by atoms with van der Waals surface area (Å²) in [5, 5.41) is 12.5. The number of thiophene rings is 1. The molecule has 1 saturated heterocycles. The number of hydrogen-bond donors (Lipinski definition) is 2. The van der Waals surface area contributed by atoms with Gasteiger partial charge in [-0.15, -0.1) is 11.3 Å². The summed E-state index contributed by atoms with van der Waals surface area (Å²) >= 11 is 1.31. The molecule has 6 nitrogen and oxygen atoms in total. The summed E-state index contributed by atoms with van der Waals surface area (Å²) < 4.78 is 0. The van der Waals surface area contributed by atoms with E-state index in [0.717, 1.165) is 11.1 Å². The Morgan fingerprint density at radius 3 is 2.54 bits per heavy atom. The fraction of sp³-hybridized carbons (Fsp3) is 0.368. The lowest BCUT2D eigenvalue weighted by Crippen LogP contribution is -2.43. The number of aliphatic hydroxyl groups is 1. The maximum absolute atomic E-state index is 12.7. The Kier molecular flexibility index (Phi) is 5.13. The van der Waals surface area contributed by atoms with Crippen LogP contribution in [0.5, 0.6) is 0 Å². The largest absolute Gasteiger partial charge is 0.387 e. The summed E-state index contributed by atoms with van der Waals surface area (Å²) in [6, 6.07) is 9.04. The van der Waals surface area contributed by atoms with Gasteiger partial charge < -0.3 is 20.6 Å². The van der Waals surface area contributed by atoms with Crippen LogP contribution in [0.4, 0.5) is 0 Å². The van der Waals surface area contributed by atoms with Gasteiger partial charge in [-0.1, -0.05) is 12.1 Å². The van der Waals surface area contributed by atoms with E-state index < -0.39 is 11.5 Å². The molecule has 1 aliphatic heterocycles. The number of likely N-dealkylation sites (tertiary alicyclic amines) is 1. The van der Waals surface area contributed by atoms with Gasteiger partial charge in [0.05, 0.1) is 17.0 Å². The first-order valence-electron chi connectivity index (χ1n) is 8.43. The quantitative estimate of drug-likeness (QED) is 0.834. The van der Waals surface area contributed by atoms with E-state index in [-0.39, 0.29) is 5.91 Å². The molecule has 1 atom stereocenters. The molecular weight excluding hydrogens is 350 g/mol. The van der Waals surface area contributed by atoms with Crippen LogP contribution in [0.25, 0.3) is 11.1 Å². The van der Waals surface area contributed by atoms with Gasteiger partial charge in [0.15, 0.2) is 0 Å². The van der Waals surface area contributed by atoms with Gasteiger partial charge in [-0.25, -0.2) is 0 Å². The third-order valence-electron chi connectivity index (χ3n) is 4.54. The van der Waals surface area contributed by atoms with Gasteiger partial charge >= 0.3 is 0 Å². The van der Waals surface area contributed by atoms with E-state index in [1.807, 2.05) is 36.5 Å². The topological polar surface area (TPSA) is 86.9 Å². The molecule has 3 rings (SSSR count). The minimum atomic E-state index is -0.846. The second-order valence-electron chi connectivity index (χ2n) is 7.08. The van der Waals surface area contributed by atoms with Crippen molar-refractivity contribution in [2.45, 2.75) is 12.0 Å². The molecule has 0 bridgehead atoms. The number of primary amides is 1. The molecule has 138 valence electrons. The van der Waals surface area contributed by atoms with E-state index >= 15 is 0 Å². The highest BCUT2D eigenvalue weighted by molar-refractivity contribution is 7.12. The molecule has 26 heavy (non-hydrogen) atoms. The molecule has 0 spiro atoms. The molecule has 2 amide bonds. The van der Waals surface area contributed by atoms with Crippen molar-refractivity contribution in [2.75, 3.05) is 33.7 Å². The molecule has 7 heteroatoms. The van der Waals surface area contributed by atoms with E-state index in [2.05, 4.69) is 0 Å². The Morgan fingerprint density at radius 1 is 1.27 bits per heavy atom. The van der Waals surface area contributed by atoms with Crippen LogP contribution in [-0.4, -0.2) is 66.1 Å². The number of nitrogens with two attached hydrogens (primary N) is 1. The monoisotopic (exact) mass is 373 g/mol. The lowest BCUT2D eigenvalue weighted by molar-refractivity contribution is 0.0236. The zero-order chi connectivity index (χ0) is 18.9. The third kappa shape index (κ3) is 3.95. The number of nitrogens with zero attached hydrogens (tertiary/aromatic N) is 2. The number of carbonyl (C=O) groups excluding carboxylic acids is 2. The summed E-state index contributed by atoms with van der Waals surface area (Å²) in [5.74, 6) is -0.512. The predicted octanol–water partition coefficient (Wildman–Crippen LogP) is 1.65. The molecule has 1 unspecified atom stereocenters. The fourth-order valence-corrected chi connectivity index (χ4v) is 4.12. The molecule has 2 aromatic rings. The van der Waals surface area contributed by atoms with Crippen LogP contribution in [0.2, 0.25) is 0 Å². The Bertz CT molecular complexity index is 816. The van der Waals surface area contributed by atoms with Gasteiger partial charge in [-0.2, -0.15) is 0 Å². The normalized spacial score (nSPS) is 19.9. The molecule has 2 heterocycles. The van der Waals surface area contributed by atoms with Crippen LogP contribution in [0.1, 0.15) is 26.5 Å². The highest BCUT2D eigenvalue weighted by Crippen LogP contribution is 2.27. The van der Waals surface area contributed by atoms with Crippen molar-refractivity contribution < 1.29 is 14.7 Å². The summed E-state index contributed by atoms with van der Waals surface area (Å²) in [6.45, 7) is 1.44. The average Bonchev–Trinajstić information content (AvgIpc) is 3.21. The van der Waals surface area contributed by atoms with E-state index in [9.17, 15) is 14.7 Å². The Morgan fingerprint density at radius 2 is 1.96 bits per heavy atom. The number of amides is 2. The van der Waals surface area contributed by atoms with Crippen LogP contribution >= 0.6 is 11.3 Å². The van der Waals surface area contributed by atoms with Gasteiger partial charge in [0.2, 0.25) is 0 Å². The summed E-state index contributed by atoms with van der Waals surface area (Å²) in [6.07, 6.45) is 0.583. The Balaban J connectivity index is 1.70. The molecule has 1 fully saturated rings. The molecule has 0 saturated carbocycles. The zero-order valence-corrected chi connectivity index (χ0v) is 15.8. The first kappa shape index (κ1) is 18.6. The minimum Gasteiger partial charge on any atom is -0.387 e. The minimum absolute atomic E-state index is 0.0747. The standard InChI is InChI=1S/C19H23N3O3S/c1-21(2)11-19(25)7-8-22(12-19)18(24)14-5-3-13(4-6-14)15-9-16(17(20)23)26-10-15/h3-6,9-10,25H,7-8,11-12H2,1-2H3,(H2,20,23). The van der Waals surface area contributed by atoms with E-state index in [0.29, 0.717) is 36.5 Å². The van der Waals surface area contributed by atoms with Gasteiger partial charge in [0, 0.05) is 18.7 Å². The number of hydrogen-bond acceptors (Lipinski definition) is 5. The third-order valence-corrected chi connectivity index (χ3v) is 5.48. The van der Waals surface area contributed by atoms with Crippen LogP contribution in [0, 0.1) is 0 Å². The average molecular weight is 373 g/mol. The van der Waals surface area contributed by atoms with Crippen molar-refractivity contribution in [1.29, 1.82) is 0 Å². The molecule has 1 aliphatic rings. The second-order valence-corrected chi connectivity index (χ2v) is 7.99. The molecule has 1 aromatic heterocycles. The number of likely N-dealkylation sites (N-methyl/N-ethyl adjacent to an activating group) is 1. The Hall–Kier alpha value is -2.22. The number of carbonyl (C=O) groups is 2. The van der Waals surface area contributed by atoms with Crippen molar-refractivity contribution >= 4 is 23.2 Å².